The molecule has 0 saturated heterocycles. The van der Waals surface area contributed by atoms with Gasteiger partial charge in [0.25, 0.3) is 0 Å². The minimum atomic E-state index is -0.484. The molecule has 0 bridgehead atoms. The highest BCUT2D eigenvalue weighted by Crippen LogP contribution is 2.63. The van der Waals surface area contributed by atoms with Gasteiger partial charge >= 0.3 is 0 Å². The van der Waals surface area contributed by atoms with Gasteiger partial charge in [-0.3, -0.25) is 0 Å². The lowest BCUT2D eigenvalue weighted by atomic mass is 9.59. The normalized spacial score (nSPS) is 21.4. The van der Waals surface area contributed by atoms with Crippen molar-refractivity contribution in [3.05, 3.63) is 134 Å². The van der Waals surface area contributed by atoms with Gasteiger partial charge in [0.15, 0.2) is 0 Å². The first kappa shape index (κ1) is 29.3. The molecule has 2 aliphatic rings. The second-order valence-electron chi connectivity index (χ2n) is 17.8. The number of benzene rings is 5. The molecule has 2 aliphatic carbocycles. The third-order valence-electron chi connectivity index (χ3n) is 14.3. The van der Waals surface area contributed by atoms with Crippen LogP contribution in [0, 0.1) is 10.8 Å². The lowest BCUT2D eigenvalue weighted by molar-refractivity contribution is 0.125. The summed E-state index contributed by atoms with van der Waals surface area (Å²) in [7, 11) is 0. The molecule has 7 rings (SSSR count). The van der Waals surface area contributed by atoms with E-state index in [2.05, 4.69) is 120 Å². The Morgan fingerprint density at radius 3 is 1.29 bits per heavy atom. The van der Waals surface area contributed by atoms with Crippen molar-refractivity contribution in [2.24, 2.45) is 10.8 Å². The van der Waals surface area contributed by atoms with Crippen LogP contribution in [-0.4, -0.2) is 0 Å². The van der Waals surface area contributed by atoms with Gasteiger partial charge in [0, 0.05) is 25.9 Å². The van der Waals surface area contributed by atoms with Crippen LogP contribution < -0.4 is 4.90 Å². The summed E-state index contributed by atoms with van der Waals surface area (Å²) in [4.78, 5) is 2.09. The summed E-state index contributed by atoms with van der Waals surface area (Å²) in [5, 5.41) is 0. The SMILES string of the molecule is [2H]c1c([2H])c2c(c([2H])c1-c1ccc(-c3c([2H])c([2H])c4c(c3[2H])C(C)(C)C(C)(C)C4(C)C)c(N(c3ccc(Br)cc3)c3ccc(Br)cc3)c1)C(C)(C)C(C)(C)C2(C)C. The van der Waals surface area contributed by atoms with Gasteiger partial charge in [-0.05, 0) is 126 Å². The molecule has 0 saturated carbocycles. The van der Waals surface area contributed by atoms with E-state index in [0.717, 1.165) is 42.6 Å². The van der Waals surface area contributed by atoms with Crippen LogP contribution in [0.1, 0.15) is 114 Å². The third-order valence-corrected chi connectivity index (χ3v) is 15.4. The highest BCUT2D eigenvalue weighted by Gasteiger charge is 2.57. The Hall–Kier alpha value is -3.14. The number of anilines is 3. The average Bonchev–Trinajstić information content (AvgIpc) is 3.31. The van der Waals surface area contributed by atoms with Crippen molar-refractivity contribution in [2.75, 3.05) is 4.90 Å². The van der Waals surface area contributed by atoms with Crippen LogP contribution in [0.2, 0.25) is 0 Å². The fourth-order valence-corrected chi connectivity index (χ4v) is 9.00. The van der Waals surface area contributed by atoms with E-state index in [1.165, 1.54) is 0 Å². The van der Waals surface area contributed by atoms with Crippen LogP contribution >= 0.6 is 31.9 Å². The van der Waals surface area contributed by atoms with E-state index < -0.39 is 21.7 Å². The van der Waals surface area contributed by atoms with Crippen molar-refractivity contribution in [3.63, 3.8) is 0 Å². The van der Waals surface area contributed by atoms with Gasteiger partial charge in [0.2, 0.25) is 0 Å². The topological polar surface area (TPSA) is 3.24 Å². The molecular formula is C48H53Br2N. The lowest BCUT2D eigenvalue weighted by Crippen LogP contribution is -2.42. The fraction of sp³-hybridized carbons (Fsp3) is 0.375. The molecule has 51 heavy (non-hydrogen) atoms. The van der Waals surface area contributed by atoms with E-state index in [9.17, 15) is 8.22 Å². The number of fused-ring (bicyclic) bond motifs is 2. The van der Waals surface area contributed by atoms with Crippen molar-refractivity contribution >= 4 is 48.9 Å². The number of nitrogens with zero attached hydrogens (tertiary/aromatic N) is 1. The molecule has 0 heterocycles. The standard InChI is InChI=1S/C48H53Br2N/c1-43(2)38-25-14-30(27-40(38)45(5,6)47(43,9)10)31-13-24-37(32-15-26-39-41(28-32)46(7,8)48(11,12)44(39,3)4)42(29-31)51(35-20-16-33(49)17-21-35)36-22-18-34(50)19-23-36/h13-29H,1-12H3/i14D,15D,25D,26D,27D,28D. The summed E-state index contributed by atoms with van der Waals surface area (Å²) in [6.07, 6.45) is 0. The van der Waals surface area contributed by atoms with E-state index in [1.807, 2.05) is 66.7 Å². The second-order valence-corrected chi connectivity index (χ2v) is 19.6. The van der Waals surface area contributed by atoms with Gasteiger partial charge in [0.05, 0.1) is 13.9 Å². The molecule has 0 fully saturated rings. The van der Waals surface area contributed by atoms with Gasteiger partial charge in [0.1, 0.15) is 0 Å². The van der Waals surface area contributed by atoms with Crippen LogP contribution in [0.15, 0.2) is 112 Å². The smallest absolute Gasteiger partial charge is 0.0632 e. The average molecular weight is 810 g/mol. The Labute approximate surface area is 332 Å². The minimum absolute atomic E-state index is 0.000404. The molecule has 0 N–H and O–H groups in total. The van der Waals surface area contributed by atoms with Crippen molar-refractivity contribution < 1.29 is 8.22 Å². The summed E-state index contributed by atoms with van der Waals surface area (Å²) >= 11 is 7.22. The molecule has 5 aromatic carbocycles. The van der Waals surface area contributed by atoms with Crippen molar-refractivity contribution in [3.8, 4) is 22.3 Å². The largest absolute Gasteiger partial charge is 0.310 e. The van der Waals surface area contributed by atoms with Crippen molar-refractivity contribution in [1.82, 2.24) is 0 Å². The summed E-state index contributed by atoms with van der Waals surface area (Å²) < 4.78 is 60.0. The minimum Gasteiger partial charge on any atom is -0.310 e. The lowest BCUT2D eigenvalue weighted by Gasteiger charge is -2.44. The van der Waals surface area contributed by atoms with E-state index >= 15 is 0 Å². The molecule has 3 heteroatoms. The number of hydrogen-bond acceptors (Lipinski definition) is 1. The maximum Gasteiger partial charge on any atom is 0.0632 e. The summed E-state index contributed by atoms with van der Waals surface area (Å²) in [5.41, 5.74) is 4.90. The van der Waals surface area contributed by atoms with Gasteiger partial charge in [-0.2, -0.15) is 0 Å². The Balaban J connectivity index is 1.62. The van der Waals surface area contributed by atoms with Crippen LogP contribution in [0.4, 0.5) is 17.1 Å². The Bertz CT molecular complexity index is 2450. The molecule has 0 atom stereocenters. The number of rotatable bonds is 5. The summed E-state index contributed by atoms with van der Waals surface area (Å²) in [6, 6.07) is 22.5. The van der Waals surface area contributed by atoms with Gasteiger partial charge in [-0.15, -0.1) is 0 Å². The van der Waals surface area contributed by atoms with Gasteiger partial charge in [-0.1, -0.05) is 163 Å². The molecule has 0 aromatic heterocycles. The zero-order valence-electron chi connectivity index (χ0n) is 38.1. The molecule has 0 radical (unpaired) electrons. The van der Waals surface area contributed by atoms with E-state index in [0.29, 0.717) is 27.9 Å². The predicted molar refractivity (Wildman–Crippen MR) is 227 cm³/mol. The molecule has 264 valence electrons. The summed E-state index contributed by atoms with van der Waals surface area (Å²) in [5.74, 6) is 0. The maximum atomic E-state index is 10.0. The molecule has 0 spiro atoms. The molecule has 1 nitrogen and oxygen atoms in total. The van der Waals surface area contributed by atoms with E-state index in [4.69, 9.17) is 0 Å². The quantitative estimate of drug-likeness (QED) is 0.171. The highest BCUT2D eigenvalue weighted by molar-refractivity contribution is 9.10. The Kier molecular flexibility index (Phi) is 6.72. The molecular weight excluding hydrogens is 750 g/mol. The first-order valence-electron chi connectivity index (χ1n) is 20.9. The summed E-state index contributed by atoms with van der Waals surface area (Å²) in [6.45, 7) is 26.0. The van der Waals surface area contributed by atoms with Crippen LogP contribution in [0.25, 0.3) is 22.3 Å². The third kappa shape index (κ3) is 5.11. The Morgan fingerprint density at radius 1 is 0.451 bits per heavy atom. The Morgan fingerprint density at radius 2 is 0.843 bits per heavy atom. The molecule has 5 aromatic rings. The second kappa shape index (κ2) is 11.7. The first-order valence-corrected chi connectivity index (χ1v) is 19.5. The monoisotopic (exact) mass is 807 g/mol. The molecule has 0 unspecified atom stereocenters. The van der Waals surface area contributed by atoms with Crippen molar-refractivity contribution in [1.29, 1.82) is 0 Å². The molecule has 0 aliphatic heterocycles. The maximum absolute atomic E-state index is 10.0. The zero-order valence-corrected chi connectivity index (χ0v) is 35.2. The number of halogens is 2. The van der Waals surface area contributed by atoms with Crippen LogP contribution in [-0.2, 0) is 21.7 Å². The fourth-order valence-electron chi connectivity index (χ4n) is 8.47. The van der Waals surface area contributed by atoms with Crippen molar-refractivity contribution in [2.45, 2.75) is 105 Å². The van der Waals surface area contributed by atoms with Gasteiger partial charge < -0.3 is 4.90 Å². The van der Waals surface area contributed by atoms with Gasteiger partial charge in [-0.25, -0.2) is 0 Å². The number of hydrogen-bond donors (Lipinski definition) is 0. The zero-order chi connectivity index (χ0) is 42.3. The highest BCUT2D eigenvalue weighted by atomic mass is 79.9. The van der Waals surface area contributed by atoms with E-state index in [-0.39, 0.29) is 47.1 Å². The molecule has 0 amide bonds. The van der Waals surface area contributed by atoms with Crippen LogP contribution in [0.5, 0.6) is 0 Å². The predicted octanol–water partition coefficient (Wildman–Crippen LogP) is 15.2. The first-order chi connectivity index (χ1) is 26.2. The van der Waals surface area contributed by atoms with Crippen LogP contribution in [0.3, 0.4) is 0 Å². The van der Waals surface area contributed by atoms with E-state index in [1.54, 1.807) is 0 Å².